The lowest BCUT2D eigenvalue weighted by atomic mass is 9.86. The van der Waals surface area contributed by atoms with Crippen LogP contribution >= 0.6 is 0 Å². The fourth-order valence-electron chi connectivity index (χ4n) is 5.51. The molecule has 6 N–H and O–H groups in total. The predicted molar refractivity (Wildman–Crippen MR) is 152 cm³/mol. The highest BCUT2D eigenvalue weighted by Gasteiger charge is 2.34. The number of phenols is 1. The molecule has 3 aliphatic heterocycles. The molecule has 0 aliphatic carbocycles. The van der Waals surface area contributed by atoms with E-state index in [9.17, 15) is 24.6 Å². The van der Waals surface area contributed by atoms with E-state index >= 15 is 0 Å². The first-order valence-electron chi connectivity index (χ1n) is 13.9. The fraction of sp³-hybridized carbons (Fsp3) is 0.400. The van der Waals surface area contributed by atoms with Crippen LogP contribution in [0, 0.1) is 12.3 Å². The third-order valence-electron chi connectivity index (χ3n) is 7.76. The molecule has 10 heteroatoms. The molecule has 0 saturated carbocycles. The van der Waals surface area contributed by atoms with Crippen LogP contribution in [0.25, 0.3) is 10.9 Å². The largest absolute Gasteiger partial charge is 0.506 e. The molecule has 3 saturated heterocycles. The van der Waals surface area contributed by atoms with E-state index in [4.69, 9.17) is 0 Å². The van der Waals surface area contributed by atoms with E-state index in [-0.39, 0.29) is 29.3 Å². The topological polar surface area (TPSA) is 147 Å². The van der Waals surface area contributed by atoms with Crippen molar-refractivity contribution in [2.24, 2.45) is 5.92 Å². The summed E-state index contributed by atoms with van der Waals surface area (Å²) in [6.07, 6.45) is 5.19. The van der Waals surface area contributed by atoms with Crippen LogP contribution in [0.5, 0.6) is 5.75 Å². The van der Waals surface area contributed by atoms with E-state index in [1.165, 1.54) is 12.1 Å². The second kappa shape index (κ2) is 12.6. The van der Waals surface area contributed by atoms with Crippen molar-refractivity contribution in [3.05, 3.63) is 82.0 Å². The monoisotopic (exact) mass is 546 g/mol. The van der Waals surface area contributed by atoms with Gasteiger partial charge in [-0.1, -0.05) is 12.1 Å². The minimum absolute atomic E-state index is 0.0434. The van der Waals surface area contributed by atoms with Gasteiger partial charge in [-0.25, -0.2) is 0 Å². The minimum atomic E-state index is -0.818. The number of aromatic nitrogens is 1. The maximum absolute atomic E-state index is 12.8. The number of piperidine rings is 3. The number of unbranched alkanes of at least 4 members (excludes halogenated alkanes) is 1. The van der Waals surface area contributed by atoms with Gasteiger partial charge < -0.3 is 31.1 Å². The lowest BCUT2D eigenvalue weighted by molar-refractivity contribution is 0.0639. The Morgan fingerprint density at radius 2 is 1.75 bits per heavy atom. The smallest absolute Gasteiger partial charge is 0.252 e. The van der Waals surface area contributed by atoms with Crippen molar-refractivity contribution >= 4 is 22.7 Å². The number of H-pyrrole nitrogens is 1. The van der Waals surface area contributed by atoms with Crippen LogP contribution in [0.3, 0.4) is 0 Å². The summed E-state index contributed by atoms with van der Waals surface area (Å²) in [5.41, 5.74) is 1.51. The Hall–Kier alpha value is -3.73. The number of pyridine rings is 1. The van der Waals surface area contributed by atoms with Crippen LogP contribution in [-0.4, -0.2) is 70.8 Å². The SMILES string of the molecule is O=C(NCCCCNC[C@H](O)c1ccc(O)c2[nH]c(=O)ccc12)c1cccc(C(=O)N[C@H]2[CH]C3CCN2CC3)c1. The molecule has 1 aromatic heterocycles. The lowest BCUT2D eigenvalue weighted by Gasteiger charge is -2.45. The van der Waals surface area contributed by atoms with Gasteiger partial charge in [-0.15, -0.1) is 0 Å². The number of carbonyl (C=O) groups excluding carboxylic acids is 2. The molecule has 3 aliphatic rings. The van der Waals surface area contributed by atoms with Crippen LogP contribution in [0.1, 0.15) is 58.1 Å². The van der Waals surface area contributed by atoms with Gasteiger partial charge in [-0.05, 0) is 74.0 Å². The molecule has 6 rings (SSSR count). The minimum Gasteiger partial charge on any atom is -0.506 e. The molecule has 2 atom stereocenters. The second-order valence-electron chi connectivity index (χ2n) is 10.5. The van der Waals surface area contributed by atoms with Gasteiger partial charge >= 0.3 is 0 Å². The molecule has 0 spiro atoms. The predicted octanol–water partition coefficient (Wildman–Crippen LogP) is 2.05. The Balaban J connectivity index is 1.02. The molecule has 1 radical (unpaired) electrons. The highest BCUT2D eigenvalue weighted by molar-refractivity contribution is 5.99. The van der Waals surface area contributed by atoms with Gasteiger partial charge in [0.1, 0.15) is 5.75 Å². The summed E-state index contributed by atoms with van der Waals surface area (Å²) in [5.74, 6) is 0.129. The van der Waals surface area contributed by atoms with Crippen molar-refractivity contribution in [2.75, 3.05) is 32.7 Å². The summed E-state index contributed by atoms with van der Waals surface area (Å²) in [4.78, 5) is 41.9. The number of aliphatic hydroxyl groups is 1. The van der Waals surface area contributed by atoms with E-state index < -0.39 is 6.10 Å². The van der Waals surface area contributed by atoms with Crippen molar-refractivity contribution in [1.29, 1.82) is 0 Å². The van der Waals surface area contributed by atoms with Gasteiger partial charge in [0.05, 0.1) is 17.8 Å². The van der Waals surface area contributed by atoms with Crippen LogP contribution in [-0.2, 0) is 0 Å². The molecule has 3 fully saturated rings. The Morgan fingerprint density at radius 3 is 2.50 bits per heavy atom. The number of phenolic OH excluding ortho intramolecular Hbond substituents is 1. The van der Waals surface area contributed by atoms with E-state index in [0.29, 0.717) is 53.1 Å². The number of aromatic hydroxyl groups is 1. The summed E-state index contributed by atoms with van der Waals surface area (Å²) in [5, 5.41) is 30.4. The molecule has 10 nitrogen and oxygen atoms in total. The Kier molecular flexibility index (Phi) is 8.78. The number of hydrogen-bond acceptors (Lipinski definition) is 7. The molecule has 0 unspecified atom stereocenters. The zero-order valence-corrected chi connectivity index (χ0v) is 22.4. The molecule has 2 aromatic carbocycles. The number of benzene rings is 2. The average Bonchev–Trinajstić information content (AvgIpc) is 2.97. The summed E-state index contributed by atoms with van der Waals surface area (Å²) >= 11 is 0. The molecule has 2 amide bonds. The van der Waals surface area contributed by atoms with E-state index in [2.05, 4.69) is 32.3 Å². The highest BCUT2D eigenvalue weighted by Crippen LogP contribution is 2.30. The number of nitrogens with one attached hydrogen (secondary N) is 4. The van der Waals surface area contributed by atoms with Gasteiger partial charge in [-0.3, -0.25) is 19.3 Å². The van der Waals surface area contributed by atoms with E-state index in [0.717, 1.165) is 38.8 Å². The standard InChI is InChI=1S/C30H36N5O5/c36-24-8-6-22(23-7-9-27(38)34-28(23)24)25(37)18-31-12-1-2-13-32-29(39)20-4-3-5-21(17-20)30(40)33-26-16-19-10-14-35(26)15-11-19/h3-9,16-17,19,25-26,31,36-37H,1-2,10-15,18H2,(H,32,39)(H,33,40)(H,34,38)/t25-,26+/m0/s1. The summed E-state index contributed by atoms with van der Waals surface area (Å²) in [6, 6.07) is 12.8. The van der Waals surface area contributed by atoms with Gasteiger partial charge in [0.25, 0.3) is 11.8 Å². The number of carbonyl (C=O) groups is 2. The number of aromatic amines is 1. The van der Waals surface area contributed by atoms with Crippen molar-refractivity contribution in [3.63, 3.8) is 0 Å². The Morgan fingerprint density at radius 1 is 1.00 bits per heavy atom. The molecule has 2 bridgehead atoms. The van der Waals surface area contributed by atoms with Crippen molar-refractivity contribution in [3.8, 4) is 5.75 Å². The van der Waals surface area contributed by atoms with Crippen molar-refractivity contribution in [2.45, 2.75) is 38.0 Å². The summed E-state index contributed by atoms with van der Waals surface area (Å²) in [7, 11) is 0. The van der Waals surface area contributed by atoms with Gasteiger partial charge in [0, 0.05) is 55.2 Å². The van der Waals surface area contributed by atoms with Gasteiger partial charge in [0.2, 0.25) is 5.56 Å². The zero-order valence-electron chi connectivity index (χ0n) is 22.4. The quantitative estimate of drug-likeness (QED) is 0.202. The van der Waals surface area contributed by atoms with Crippen LogP contribution < -0.4 is 21.5 Å². The Bertz CT molecular complexity index is 1420. The summed E-state index contributed by atoms with van der Waals surface area (Å²) < 4.78 is 0. The van der Waals surface area contributed by atoms with Crippen LogP contribution in [0.4, 0.5) is 0 Å². The normalized spacial score (nSPS) is 20.8. The van der Waals surface area contributed by atoms with Gasteiger partial charge in [-0.2, -0.15) is 0 Å². The first-order valence-corrected chi connectivity index (χ1v) is 13.9. The summed E-state index contributed by atoms with van der Waals surface area (Å²) in [6.45, 7) is 3.44. The number of aliphatic hydroxyl groups excluding tert-OH is 1. The molecular weight excluding hydrogens is 510 g/mol. The lowest BCUT2D eigenvalue weighted by Crippen LogP contribution is -2.57. The van der Waals surface area contributed by atoms with E-state index in [1.807, 2.05) is 0 Å². The number of rotatable bonds is 11. The third-order valence-corrected chi connectivity index (χ3v) is 7.76. The number of nitrogens with zero attached hydrogens (tertiary/aromatic N) is 1. The molecule has 40 heavy (non-hydrogen) atoms. The first kappa shape index (κ1) is 27.8. The third kappa shape index (κ3) is 6.52. The maximum atomic E-state index is 12.8. The molecule has 211 valence electrons. The van der Waals surface area contributed by atoms with Crippen molar-refractivity contribution in [1.82, 2.24) is 25.8 Å². The number of fused-ring (bicyclic) bond motifs is 4. The number of hydrogen-bond donors (Lipinski definition) is 6. The first-order chi connectivity index (χ1) is 19.4. The molecule has 3 aromatic rings. The molecular formula is C30H36N5O5. The highest BCUT2D eigenvalue weighted by atomic mass is 16.3. The average molecular weight is 547 g/mol. The molecule has 4 heterocycles. The number of amides is 2. The van der Waals surface area contributed by atoms with Gasteiger partial charge in [0.15, 0.2) is 0 Å². The van der Waals surface area contributed by atoms with Crippen molar-refractivity contribution < 1.29 is 19.8 Å². The van der Waals surface area contributed by atoms with Crippen LogP contribution in [0.15, 0.2) is 53.3 Å². The van der Waals surface area contributed by atoms with E-state index in [1.54, 1.807) is 36.4 Å². The zero-order chi connectivity index (χ0) is 28.1. The fourth-order valence-corrected chi connectivity index (χ4v) is 5.51. The van der Waals surface area contributed by atoms with Crippen LogP contribution in [0.2, 0.25) is 0 Å². The Labute approximate surface area is 232 Å². The maximum Gasteiger partial charge on any atom is 0.252 e. The second-order valence-corrected chi connectivity index (χ2v) is 10.5.